The quantitative estimate of drug-likeness (QED) is 0.387. The number of hydrogen-bond donors (Lipinski definition) is 1. The maximum absolute atomic E-state index is 12.9. The summed E-state index contributed by atoms with van der Waals surface area (Å²) in [4.78, 5) is 29.4. The van der Waals surface area contributed by atoms with E-state index in [4.69, 9.17) is 9.97 Å². The van der Waals surface area contributed by atoms with Crippen LogP contribution in [0.25, 0.3) is 10.2 Å². The van der Waals surface area contributed by atoms with Crippen molar-refractivity contribution >= 4 is 39.1 Å². The van der Waals surface area contributed by atoms with Gasteiger partial charge in [-0.15, -0.1) is 11.3 Å². The molecule has 4 aromatic rings. The Morgan fingerprint density at radius 2 is 1.66 bits per heavy atom. The number of aryl methyl sites for hydroxylation is 3. The van der Waals surface area contributed by atoms with E-state index < -0.39 is 0 Å². The molecule has 2 aromatic heterocycles. The third-order valence-electron chi connectivity index (χ3n) is 6.74. The zero-order valence-corrected chi connectivity index (χ0v) is 21.4. The molecule has 0 aliphatic carbocycles. The number of thiophene rings is 1. The van der Waals surface area contributed by atoms with Crippen molar-refractivity contribution in [2.24, 2.45) is 0 Å². The van der Waals surface area contributed by atoms with E-state index in [2.05, 4.69) is 67.4 Å². The predicted octanol–water partition coefficient (Wildman–Crippen LogP) is 5.82. The maximum Gasteiger partial charge on any atom is 0.321 e. The third kappa shape index (κ3) is 5.00. The van der Waals surface area contributed by atoms with Gasteiger partial charge in [-0.05, 0) is 49.1 Å². The zero-order chi connectivity index (χ0) is 24.4. The number of amides is 2. The van der Waals surface area contributed by atoms with Crippen LogP contribution in [0.5, 0.6) is 0 Å². The summed E-state index contributed by atoms with van der Waals surface area (Å²) in [5.41, 5.74) is 4.55. The highest BCUT2D eigenvalue weighted by Crippen LogP contribution is 2.35. The van der Waals surface area contributed by atoms with Gasteiger partial charge in [-0.25, -0.2) is 14.8 Å². The van der Waals surface area contributed by atoms with E-state index in [-0.39, 0.29) is 6.03 Å². The fourth-order valence-electron chi connectivity index (χ4n) is 4.51. The minimum absolute atomic E-state index is 0.0472. The van der Waals surface area contributed by atoms with E-state index in [0.717, 1.165) is 47.1 Å². The lowest BCUT2D eigenvalue weighted by atomic mass is 10.1. The van der Waals surface area contributed by atoms with Crippen LogP contribution in [-0.2, 0) is 12.8 Å². The fraction of sp³-hybridized carbons (Fsp3) is 0.321. The minimum atomic E-state index is -0.0472. The fourth-order valence-corrected chi connectivity index (χ4v) is 5.55. The topological polar surface area (TPSA) is 61.4 Å². The Morgan fingerprint density at radius 1 is 0.943 bits per heavy atom. The monoisotopic (exact) mass is 485 g/mol. The Bertz CT molecular complexity index is 1330. The molecule has 0 radical (unpaired) electrons. The van der Waals surface area contributed by atoms with Crippen molar-refractivity contribution in [3.05, 3.63) is 82.0 Å². The van der Waals surface area contributed by atoms with E-state index >= 15 is 0 Å². The van der Waals surface area contributed by atoms with Crippen molar-refractivity contribution in [3.8, 4) is 0 Å². The zero-order valence-electron chi connectivity index (χ0n) is 20.5. The molecule has 1 saturated heterocycles. The summed E-state index contributed by atoms with van der Waals surface area (Å²) in [5, 5.41) is 4.19. The highest BCUT2D eigenvalue weighted by molar-refractivity contribution is 7.18. The summed E-state index contributed by atoms with van der Waals surface area (Å²) in [5.74, 6) is 1.84. The molecule has 5 rings (SSSR count). The summed E-state index contributed by atoms with van der Waals surface area (Å²) in [6.45, 7) is 9.23. The number of carbonyl (C=O) groups is 1. The normalized spacial score (nSPS) is 13.9. The molecule has 0 unspecified atom stereocenters. The molecule has 1 N–H and O–H groups in total. The standard InChI is InChI=1S/C28H31N5OS/c1-4-21-10-12-23(13-11-21)29-28(34)33-16-14-32(15-17-33)26-25-19(2)20(3)35-27(25)31-24(30-26)18-22-8-6-5-7-9-22/h5-13H,4,14-18H2,1-3H3,(H,29,34). The van der Waals surface area contributed by atoms with Gasteiger partial charge in [-0.1, -0.05) is 49.4 Å². The first-order chi connectivity index (χ1) is 17.0. The molecule has 2 aromatic carbocycles. The number of hydrogen-bond acceptors (Lipinski definition) is 5. The average molecular weight is 486 g/mol. The van der Waals surface area contributed by atoms with Crippen molar-refractivity contribution in [1.82, 2.24) is 14.9 Å². The van der Waals surface area contributed by atoms with Gasteiger partial charge in [0, 0.05) is 43.2 Å². The summed E-state index contributed by atoms with van der Waals surface area (Å²) >= 11 is 1.74. The first-order valence-corrected chi connectivity index (χ1v) is 13.0. The molecule has 1 aliphatic rings. The van der Waals surface area contributed by atoms with Crippen molar-refractivity contribution in [1.29, 1.82) is 0 Å². The molecule has 35 heavy (non-hydrogen) atoms. The van der Waals surface area contributed by atoms with Gasteiger partial charge in [0.15, 0.2) is 0 Å². The Morgan fingerprint density at radius 3 is 2.34 bits per heavy atom. The van der Waals surface area contributed by atoms with Crippen molar-refractivity contribution in [2.45, 2.75) is 33.6 Å². The number of fused-ring (bicyclic) bond motifs is 1. The van der Waals surface area contributed by atoms with Gasteiger partial charge in [0.2, 0.25) is 0 Å². The minimum Gasteiger partial charge on any atom is -0.352 e. The number of rotatable bonds is 5. The van der Waals surface area contributed by atoms with E-state index in [1.165, 1.54) is 21.6 Å². The third-order valence-corrected chi connectivity index (χ3v) is 7.84. The van der Waals surface area contributed by atoms with Crippen LogP contribution >= 0.6 is 11.3 Å². The molecule has 6 nitrogen and oxygen atoms in total. The van der Waals surface area contributed by atoms with E-state index in [9.17, 15) is 4.79 Å². The van der Waals surface area contributed by atoms with Crippen LogP contribution in [0.2, 0.25) is 0 Å². The smallest absolute Gasteiger partial charge is 0.321 e. The van der Waals surface area contributed by atoms with Gasteiger partial charge in [0.05, 0.1) is 5.39 Å². The predicted molar refractivity (Wildman–Crippen MR) is 145 cm³/mol. The average Bonchev–Trinajstić information content (AvgIpc) is 3.17. The molecule has 3 heterocycles. The molecule has 0 atom stereocenters. The van der Waals surface area contributed by atoms with Crippen LogP contribution in [0.4, 0.5) is 16.3 Å². The molecule has 7 heteroatoms. The highest BCUT2D eigenvalue weighted by Gasteiger charge is 2.25. The molecular weight excluding hydrogens is 454 g/mol. The molecule has 1 aliphatic heterocycles. The first kappa shape index (κ1) is 23.3. The second kappa shape index (κ2) is 10.0. The van der Waals surface area contributed by atoms with Gasteiger partial charge in [0.25, 0.3) is 0 Å². The number of carbonyl (C=O) groups excluding carboxylic acids is 1. The number of piperazine rings is 1. The number of urea groups is 1. The van der Waals surface area contributed by atoms with Crippen LogP contribution in [0, 0.1) is 13.8 Å². The van der Waals surface area contributed by atoms with Crippen molar-refractivity contribution in [2.75, 3.05) is 36.4 Å². The van der Waals surface area contributed by atoms with Gasteiger partial charge in [0.1, 0.15) is 16.5 Å². The van der Waals surface area contributed by atoms with E-state index in [1.54, 1.807) is 11.3 Å². The number of nitrogens with zero attached hydrogens (tertiary/aromatic N) is 4. The molecule has 1 fully saturated rings. The molecule has 0 spiro atoms. The summed E-state index contributed by atoms with van der Waals surface area (Å²) < 4.78 is 0. The number of aromatic nitrogens is 2. The Balaban J connectivity index is 1.33. The Labute approximate surface area is 210 Å². The second-order valence-corrected chi connectivity index (χ2v) is 10.2. The lowest BCUT2D eigenvalue weighted by molar-refractivity contribution is 0.208. The first-order valence-electron chi connectivity index (χ1n) is 12.2. The van der Waals surface area contributed by atoms with Gasteiger partial charge in [-0.3, -0.25) is 0 Å². The van der Waals surface area contributed by atoms with Crippen LogP contribution in [-0.4, -0.2) is 47.1 Å². The number of anilines is 2. The molecular formula is C28H31N5OS. The summed E-state index contributed by atoms with van der Waals surface area (Å²) in [6, 6.07) is 18.4. The van der Waals surface area contributed by atoms with E-state index in [0.29, 0.717) is 19.5 Å². The second-order valence-electron chi connectivity index (χ2n) is 9.04. The van der Waals surface area contributed by atoms with E-state index in [1.807, 2.05) is 23.1 Å². The molecule has 180 valence electrons. The van der Waals surface area contributed by atoms with Crippen LogP contribution in [0.15, 0.2) is 54.6 Å². The summed E-state index contributed by atoms with van der Waals surface area (Å²) in [7, 11) is 0. The summed E-state index contributed by atoms with van der Waals surface area (Å²) in [6.07, 6.45) is 1.70. The molecule has 0 saturated carbocycles. The van der Waals surface area contributed by atoms with Crippen molar-refractivity contribution in [3.63, 3.8) is 0 Å². The van der Waals surface area contributed by atoms with Gasteiger partial charge < -0.3 is 15.1 Å². The van der Waals surface area contributed by atoms with Gasteiger partial charge in [-0.2, -0.15) is 0 Å². The van der Waals surface area contributed by atoms with Gasteiger partial charge >= 0.3 is 6.03 Å². The highest BCUT2D eigenvalue weighted by atomic mass is 32.1. The lowest BCUT2D eigenvalue weighted by Gasteiger charge is -2.35. The number of nitrogens with one attached hydrogen (secondary N) is 1. The number of benzene rings is 2. The molecule has 2 amide bonds. The SMILES string of the molecule is CCc1ccc(NC(=O)N2CCN(c3nc(Cc4ccccc4)nc4sc(C)c(C)c34)CC2)cc1. The van der Waals surface area contributed by atoms with Crippen LogP contribution in [0.1, 0.15) is 34.3 Å². The largest absolute Gasteiger partial charge is 0.352 e. The lowest BCUT2D eigenvalue weighted by Crippen LogP contribution is -2.50. The van der Waals surface area contributed by atoms with Crippen molar-refractivity contribution < 1.29 is 4.79 Å². The van der Waals surface area contributed by atoms with Crippen LogP contribution in [0.3, 0.4) is 0 Å². The maximum atomic E-state index is 12.9. The Hall–Kier alpha value is -3.45. The van der Waals surface area contributed by atoms with Crippen LogP contribution < -0.4 is 10.2 Å². The molecule has 0 bridgehead atoms. The Kier molecular flexibility index (Phi) is 6.68.